The number of para-hydroxylation sites is 1. The number of carbonyl (C=O) groups excluding carboxylic acids is 2. The van der Waals surface area contributed by atoms with Gasteiger partial charge in [0.15, 0.2) is 0 Å². The van der Waals surface area contributed by atoms with Gasteiger partial charge in [0, 0.05) is 35.5 Å². The number of amides is 3. The van der Waals surface area contributed by atoms with Gasteiger partial charge in [-0.25, -0.2) is 14.8 Å². The zero-order chi connectivity index (χ0) is 19.8. The number of H-pyrrole nitrogens is 2. The Balaban J connectivity index is 1.37. The molecule has 0 atom stereocenters. The molecule has 4 N–H and O–H groups in total. The predicted molar refractivity (Wildman–Crippen MR) is 111 cm³/mol. The van der Waals surface area contributed by atoms with Gasteiger partial charge < -0.3 is 9.97 Å². The Kier molecular flexibility index (Phi) is 4.17. The van der Waals surface area contributed by atoms with E-state index in [4.69, 9.17) is 0 Å². The highest BCUT2D eigenvalue weighted by Crippen LogP contribution is 2.34. The van der Waals surface area contributed by atoms with Crippen molar-refractivity contribution >= 4 is 46.6 Å². The molecule has 0 saturated carbocycles. The van der Waals surface area contributed by atoms with Crippen molar-refractivity contribution in [3.63, 3.8) is 0 Å². The highest BCUT2D eigenvalue weighted by atomic mass is 32.2. The van der Waals surface area contributed by atoms with Gasteiger partial charge in [-0.1, -0.05) is 12.1 Å². The maximum Gasteiger partial charge on any atom is 0.332 e. The fraction of sp³-hybridized carbons (Fsp3) is 0.0526. The van der Waals surface area contributed by atoms with Crippen molar-refractivity contribution in [2.45, 2.75) is 0 Å². The molecule has 0 radical (unpaired) electrons. The summed E-state index contributed by atoms with van der Waals surface area (Å²) in [4.78, 5) is 41.9. The number of urea groups is 1. The number of thioether (sulfide) groups is 1. The van der Waals surface area contributed by atoms with E-state index in [9.17, 15) is 9.59 Å². The molecule has 3 amide bonds. The highest BCUT2D eigenvalue weighted by Gasteiger charge is 2.20. The molecule has 0 bridgehead atoms. The number of rotatable bonds is 3. The van der Waals surface area contributed by atoms with Gasteiger partial charge in [-0.15, -0.1) is 11.8 Å². The Morgan fingerprint density at radius 3 is 3.00 bits per heavy atom. The summed E-state index contributed by atoms with van der Waals surface area (Å²) in [6.07, 6.45) is 10.7. The monoisotopic (exact) mass is 405 g/mol. The molecule has 5 rings (SSSR count). The average molecular weight is 405 g/mol. The quantitative estimate of drug-likeness (QED) is 0.532. The second-order valence-corrected chi connectivity index (χ2v) is 7.36. The summed E-state index contributed by atoms with van der Waals surface area (Å²) >= 11 is 1.68. The molecule has 0 spiro atoms. The fourth-order valence-corrected chi connectivity index (χ4v) is 4.02. The summed E-state index contributed by atoms with van der Waals surface area (Å²) in [7, 11) is 0. The molecule has 4 heterocycles. The minimum Gasteiger partial charge on any atom is -0.331 e. The number of imidazole rings is 2. The predicted octanol–water partition coefficient (Wildman–Crippen LogP) is 3.41. The smallest absolute Gasteiger partial charge is 0.331 e. The highest BCUT2D eigenvalue weighted by molar-refractivity contribution is 8.03. The van der Waals surface area contributed by atoms with Crippen LogP contribution < -0.4 is 10.6 Å². The molecule has 144 valence electrons. The van der Waals surface area contributed by atoms with Crippen molar-refractivity contribution in [1.29, 1.82) is 0 Å². The summed E-state index contributed by atoms with van der Waals surface area (Å²) in [5.74, 6) is 1.17. The zero-order valence-electron chi connectivity index (χ0n) is 15.0. The standard InChI is InChI=1S/C19H15N7O2S/c27-16(24-17-20-6-7-21-17)12-2-1-3-13-15(12)23-18(22-13)25-19(28)26-8-4-11-5-9-29-14(11)10-26/h1-8,10H,9H2,(H2,20,21,24,27)(H2,22,23,25,28). The lowest BCUT2D eigenvalue weighted by Crippen LogP contribution is -2.27. The van der Waals surface area contributed by atoms with Gasteiger partial charge in [0.2, 0.25) is 11.9 Å². The van der Waals surface area contributed by atoms with E-state index in [1.807, 2.05) is 6.08 Å². The second-order valence-electron chi connectivity index (χ2n) is 6.30. The summed E-state index contributed by atoms with van der Waals surface area (Å²) in [6.45, 7) is 0. The molecule has 0 aliphatic carbocycles. The zero-order valence-corrected chi connectivity index (χ0v) is 15.8. The van der Waals surface area contributed by atoms with Crippen molar-refractivity contribution in [2.24, 2.45) is 0 Å². The Morgan fingerprint density at radius 2 is 2.14 bits per heavy atom. The number of allylic oxidation sites excluding steroid dienone is 2. The van der Waals surface area contributed by atoms with Gasteiger partial charge in [0.1, 0.15) is 5.52 Å². The van der Waals surface area contributed by atoms with Crippen molar-refractivity contribution in [3.8, 4) is 0 Å². The normalized spacial score (nSPS) is 15.1. The summed E-state index contributed by atoms with van der Waals surface area (Å²) < 4.78 is 0. The van der Waals surface area contributed by atoms with Crippen LogP contribution in [0.15, 0.2) is 65.6 Å². The Morgan fingerprint density at radius 1 is 1.21 bits per heavy atom. The molecule has 0 fully saturated rings. The number of fused-ring (bicyclic) bond motifs is 2. The maximum atomic E-state index is 12.6. The van der Waals surface area contributed by atoms with E-state index < -0.39 is 0 Å². The molecular weight excluding hydrogens is 390 g/mol. The summed E-state index contributed by atoms with van der Waals surface area (Å²) in [6, 6.07) is 4.85. The van der Waals surface area contributed by atoms with Crippen LogP contribution in [0.5, 0.6) is 0 Å². The van der Waals surface area contributed by atoms with Crippen LogP contribution in [0, 0.1) is 0 Å². The molecule has 1 aromatic carbocycles. The van der Waals surface area contributed by atoms with Gasteiger partial charge in [-0.2, -0.15) is 0 Å². The third-order valence-corrected chi connectivity index (χ3v) is 5.43. The third-order valence-electron chi connectivity index (χ3n) is 4.44. The average Bonchev–Trinajstić information content (AvgIpc) is 3.46. The van der Waals surface area contributed by atoms with Crippen molar-refractivity contribution < 1.29 is 9.59 Å². The van der Waals surface area contributed by atoms with Crippen LogP contribution in [0.4, 0.5) is 16.7 Å². The Hall–Kier alpha value is -3.79. The number of benzene rings is 1. The maximum absolute atomic E-state index is 12.6. The first-order valence-electron chi connectivity index (χ1n) is 8.79. The molecule has 2 aromatic heterocycles. The van der Waals surface area contributed by atoms with Crippen LogP contribution >= 0.6 is 11.8 Å². The van der Waals surface area contributed by atoms with Crippen LogP contribution in [-0.4, -0.2) is 42.5 Å². The number of nitrogens with one attached hydrogen (secondary N) is 4. The first-order valence-corrected chi connectivity index (χ1v) is 9.78. The van der Waals surface area contributed by atoms with Gasteiger partial charge in [0.25, 0.3) is 5.91 Å². The van der Waals surface area contributed by atoms with Gasteiger partial charge in [-0.3, -0.25) is 20.3 Å². The van der Waals surface area contributed by atoms with E-state index in [2.05, 4.69) is 36.6 Å². The molecule has 10 heteroatoms. The van der Waals surface area contributed by atoms with Crippen molar-refractivity contribution in [1.82, 2.24) is 24.8 Å². The Bertz CT molecular complexity index is 1210. The van der Waals surface area contributed by atoms with Gasteiger partial charge >= 0.3 is 6.03 Å². The largest absolute Gasteiger partial charge is 0.332 e. The third kappa shape index (κ3) is 3.29. The van der Waals surface area contributed by atoms with Crippen LogP contribution in [-0.2, 0) is 0 Å². The number of hydrogen-bond donors (Lipinski definition) is 4. The number of nitrogens with zero attached hydrogens (tertiary/aromatic N) is 3. The molecule has 2 aliphatic heterocycles. The first kappa shape index (κ1) is 17.3. The van der Waals surface area contributed by atoms with E-state index in [-0.39, 0.29) is 17.9 Å². The number of aromatic amines is 2. The number of carbonyl (C=O) groups is 2. The molecule has 0 saturated heterocycles. The Labute approximate surface area is 169 Å². The van der Waals surface area contributed by atoms with E-state index in [0.717, 1.165) is 16.2 Å². The molecule has 29 heavy (non-hydrogen) atoms. The molecule has 0 unspecified atom stereocenters. The van der Waals surface area contributed by atoms with E-state index >= 15 is 0 Å². The first-order chi connectivity index (χ1) is 14.2. The number of aromatic nitrogens is 4. The lowest BCUT2D eigenvalue weighted by Gasteiger charge is -2.18. The van der Waals surface area contributed by atoms with Gasteiger partial charge in [0.05, 0.1) is 11.1 Å². The van der Waals surface area contributed by atoms with Gasteiger partial charge in [-0.05, 0) is 23.8 Å². The number of anilines is 2. The van der Waals surface area contributed by atoms with E-state index in [1.54, 1.807) is 54.8 Å². The van der Waals surface area contributed by atoms with Crippen LogP contribution in [0.2, 0.25) is 0 Å². The lowest BCUT2D eigenvalue weighted by atomic mass is 10.2. The molecule has 2 aliphatic rings. The van der Waals surface area contributed by atoms with Crippen molar-refractivity contribution in [2.75, 3.05) is 16.4 Å². The van der Waals surface area contributed by atoms with Crippen molar-refractivity contribution in [3.05, 3.63) is 71.2 Å². The number of hydrogen-bond acceptors (Lipinski definition) is 5. The molecular formula is C19H15N7O2S. The summed E-state index contributed by atoms with van der Waals surface area (Å²) in [5, 5.41) is 5.41. The minimum atomic E-state index is -0.351. The topological polar surface area (TPSA) is 119 Å². The lowest BCUT2D eigenvalue weighted by molar-refractivity contribution is 0.102. The van der Waals surface area contributed by atoms with Crippen LogP contribution in [0.3, 0.4) is 0 Å². The molecule has 9 nitrogen and oxygen atoms in total. The minimum absolute atomic E-state index is 0.260. The fourth-order valence-electron chi connectivity index (χ4n) is 3.07. The van der Waals surface area contributed by atoms with E-state index in [1.165, 1.54) is 4.90 Å². The van der Waals surface area contributed by atoms with Crippen LogP contribution in [0.25, 0.3) is 11.0 Å². The molecule has 3 aromatic rings. The SMILES string of the molecule is O=C(Nc1ncc[nH]1)c1cccc2[nH]c(NC(=O)N3C=CC4=CCSC4=C3)nc12. The van der Waals surface area contributed by atoms with Crippen LogP contribution in [0.1, 0.15) is 10.4 Å². The summed E-state index contributed by atoms with van der Waals surface area (Å²) in [5.41, 5.74) is 2.59. The van der Waals surface area contributed by atoms with E-state index in [0.29, 0.717) is 22.5 Å². The second kappa shape index (κ2) is 6.99.